The summed E-state index contributed by atoms with van der Waals surface area (Å²) in [6.45, 7) is 4.45. The molecular formula is C21H25NO4. The highest BCUT2D eigenvalue weighted by atomic mass is 16.7. The van der Waals surface area contributed by atoms with Crippen LogP contribution < -0.4 is 10.5 Å². The minimum atomic E-state index is -0.730. The molecule has 2 aromatic rings. The second-order valence-corrected chi connectivity index (χ2v) is 7.29. The number of carbonyl (C=O) groups excluding carboxylic acids is 1. The normalized spacial score (nSPS) is 18.0. The number of ether oxygens (including phenoxy) is 3. The minimum Gasteiger partial charge on any atom is -0.468 e. The van der Waals surface area contributed by atoms with Crippen LogP contribution in [0.2, 0.25) is 0 Å². The molecular weight excluding hydrogens is 330 g/mol. The average molecular weight is 355 g/mol. The third-order valence-electron chi connectivity index (χ3n) is 4.94. The van der Waals surface area contributed by atoms with Crippen LogP contribution in [-0.4, -0.2) is 20.0 Å². The molecule has 0 saturated carbocycles. The predicted octanol–water partition coefficient (Wildman–Crippen LogP) is 4.45. The van der Waals surface area contributed by atoms with Crippen LogP contribution in [0.3, 0.4) is 0 Å². The summed E-state index contributed by atoms with van der Waals surface area (Å²) >= 11 is 0. The van der Waals surface area contributed by atoms with E-state index in [-0.39, 0.29) is 18.3 Å². The van der Waals surface area contributed by atoms with Gasteiger partial charge in [0.25, 0.3) is 0 Å². The number of nitrogens with two attached hydrogens (primary N) is 1. The molecule has 1 unspecified atom stereocenters. The number of methoxy groups -OCH3 is 1. The maximum Gasteiger partial charge on any atom is 0.405 e. The molecule has 1 aliphatic carbocycles. The molecule has 1 atom stereocenters. The lowest BCUT2D eigenvalue weighted by Crippen LogP contribution is -2.33. The predicted molar refractivity (Wildman–Crippen MR) is 99.9 cm³/mol. The lowest BCUT2D eigenvalue weighted by molar-refractivity contribution is 0.0147. The van der Waals surface area contributed by atoms with Crippen molar-refractivity contribution in [1.82, 2.24) is 0 Å². The first kappa shape index (κ1) is 18.3. The molecule has 2 aromatic carbocycles. The first-order valence-corrected chi connectivity index (χ1v) is 8.72. The van der Waals surface area contributed by atoms with Gasteiger partial charge in [0.2, 0.25) is 0 Å². The zero-order chi connectivity index (χ0) is 18.7. The molecule has 0 spiro atoms. The van der Waals surface area contributed by atoms with Crippen LogP contribution in [0.25, 0.3) is 11.1 Å². The van der Waals surface area contributed by atoms with Crippen molar-refractivity contribution in [2.45, 2.75) is 32.8 Å². The largest absolute Gasteiger partial charge is 0.468 e. The van der Waals surface area contributed by atoms with Gasteiger partial charge in [-0.25, -0.2) is 4.79 Å². The van der Waals surface area contributed by atoms with Crippen LogP contribution in [0.4, 0.5) is 4.79 Å². The highest BCUT2D eigenvalue weighted by Gasteiger charge is 2.38. The van der Waals surface area contributed by atoms with Gasteiger partial charge in [0.15, 0.2) is 6.79 Å². The van der Waals surface area contributed by atoms with E-state index in [0.29, 0.717) is 0 Å². The van der Waals surface area contributed by atoms with Gasteiger partial charge in [-0.2, -0.15) is 0 Å². The molecule has 0 aromatic heterocycles. The topological polar surface area (TPSA) is 70.8 Å². The number of amides is 1. The van der Waals surface area contributed by atoms with Crippen LogP contribution in [0.5, 0.6) is 5.75 Å². The lowest BCUT2D eigenvalue weighted by atomic mass is 9.71. The summed E-state index contributed by atoms with van der Waals surface area (Å²) < 4.78 is 15.8. The highest BCUT2D eigenvalue weighted by Crippen LogP contribution is 2.46. The third kappa shape index (κ3) is 3.83. The standard InChI is InChI=1S/C21H25NO4/c1-21(2)11-10-16-12-15(6-9-18(16)19(21)26-20(22)23)14-4-7-17(8-5-14)25-13-24-3/h4-9,12,19H,10-11,13H2,1-3H3,(H2,22,23). The Morgan fingerprint density at radius 3 is 2.50 bits per heavy atom. The van der Waals surface area contributed by atoms with Crippen molar-refractivity contribution in [2.24, 2.45) is 11.1 Å². The summed E-state index contributed by atoms with van der Waals surface area (Å²) in [6.07, 6.45) is 0.837. The number of primary amides is 1. The SMILES string of the molecule is COCOc1ccc(-c2ccc3c(c2)CCC(C)(C)C3OC(N)=O)cc1. The van der Waals surface area contributed by atoms with Gasteiger partial charge in [-0.1, -0.05) is 44.2 Å². The Bertz CT molecular complexity index is 783. The molecule has 5 heteroatoms. The Kier molecular flexibility index (Phi) is 5.18. The van der Waals surface area contributed by atoms with E-state index in [1.54, 1.807) is 7.11 Å². The molecule has 0 aliphatic heterocycles. The smallest absolute Gasteiger partial charge is 0.405 e. The molecule has 0 saturated heterocycles. The fourth-order valence-corrected chi connectivity index (χ4v) is 3.48. The molecule has 0 fully saturated rings. The van der Waals surface area contributed by atoms with Gasteiger partial charge < -0.3 is 19.9 Å². The molecule has 26 heavy (non-hydrogen) atoms. The fraction of sp³-hybridized carbons (Fsp3) is 0.381. The number of carbonyl (C=O) groups is 1. The number of hydrogen-bond donors (Lipinski definition) is 1. The van der Waals surface area contributed by atoms with Crippen LogP contribution in [-0.2, 0) is 15.9 Å². The number of benzene rings is 2. The molecule has 3 rings (SSSR count). The van der Waals surface area contributed by atoms with E-state index < -0.39 is 6.09 Å². The second kappa shape index (κ2) is 7.38. The van der Waals surface area contributed by atoms with Crippen molar-refractivity contribution in [3.63, 3.8) is 0 Å². The molecule has 0 bridgehead atoms. The quantitative estimate of drug-likeness (QED) is 0.805. The summed E-state index contributed by atoms with van der Waals surface area (Å²) in [4.78, 5) is 11.3. The third-order valence-corrected chi connectivity index (χ3v) is 4.94. The van der Waals surface area contributed by atoms with E-state index in [0.717, 1.165) is 35.3 Å². The van der Waals surface area contributed by atoms with Gasteiger partial charge in [-0.05, 0) is 47.2 Å². The second-order valence-electron chi connectivity index (χ2n) is 7.29. The van der Waals surface area contributed by atoms with Crippen molar-refractivity contribution in [2.75, 3.05) is 13.9 Å². The van der Waals surface area contributed by atoms with Crippen LogP contribution in [0.15, 0.2) is 42.5 Å². The first-order chi connectivity index (χ1) is 12.4. The number of rotatable bonds is 5. The van der Waals surface area contributed by atoms with E-state index in [1.165, 1.54) is 5.56 Å². The van der Waals surface area contributed by atoms with Gasteiger partial charge in [0.05, 0.1) is 0 Å². The molecule has 0 radical (unpaired) electrons. The maximum absolute atomic E-state index is 11.3. The Hall–Kier alpha value is -2.53. The minimum absolute atomic E-state index is 0.135. The Labute approximate surface area is 154 Å². The van der Waals surface area contributed by atoms with Crippen LogP contribution >= 0.6 is 0 Å². The molecule has 2 N–H and O–H groups in total. The number of hydrogen-bond acceptors (Lipinski definition) is 4. The molecule has 0 heterocycles. The Morgan fingerprint density at radius 2 is 1.85 bits per heavy atom. The van der Waals surface area contributed by atoms with Gasteiger partial charge in [0, 0.05) is 12.5 Å². The Morgan fingerprint density at radius 1 is 1.15 bits per heavy atom. The summed E-state index contributed by atoms with van der Waals surface area (Å²) in [5.74, 6) is 0.769. The zero-order valence-corrected chi connectivity index (χ0v) is 15.5. The van der Waals surface area contributed by atoms with Crippen molar-refractivity contribution in [1.29, 1.82) is 0 Å². The van der Waals surface area contributed by atoms with Crippen molar-refractivity contribution < 1.29 is 19.0 Å². The van der Waals surface area contributed by atoms with Crippen LogP contribution in [0, 0.1) is 5.41 Å². The van der Waals surface area contributed by atoms with Gasteiger partial charge >= 0.3 is 6.09 Å². The van der Waals surface area contributed by atoms with Crippen molar-refractivity contribution in [3.8, 4) is 16.9 Å². The summed E-state index contributed by atoms with van der Waals surface area (Å²) in [5.41, 5.74) is 9.63. The summed E-state index contributed by atoms with van der Waals surface area (Å²) in [6, 6.07) is 14.2. The lowest BCUT2D eigenvalue weighted by Gasteiger charge is -2.39. The fourth-order valence-electron chi connectivity index (χ4n) is 3.48. The molecule has 1 aliphatic rings. The maximum atomic E-state index is 11.3. The summed E-state index contributed by atoms with van der Waals surface area (Å²) in [5, 5.41) is 0. The number of aryl methyl sites for hydroxylation is 1. The van der Waals surface area contributed by atoms with E-state index in [2.05, 4.69) is 32.0 Å². The monoisotopic (exact) mass is 355 g/mol. The van der Waals surface area contributed by atoms with Crippen molar-refractivity contribution in [3.05, 3.63) is 53.6 Å². The van der Waals surface area contributed by atoms with E-state index in [9.17, 15) is 4.79 Å². The molecule has 5 nitrogen and oxygen atoms in total. The van der Waals surface area contributed by atoms with Crippen molar-refractivity contribution >= 4 is 6.09 Å². The summed E-state index contributed by atoms with van der Waals surface area (Å²) in [7, 11) is 1.60. The zero-order valence-electron chi connectivity index (χ0n) is 15.5. The molecule has 138 valence electrons. The van der Waals surface area contributed by atoms with Gasteiger partial charge in [0.1, 0.15) is 11.9 Å². The van der Waals surface area contributed by atoms with Crippen LogP contribution in [0.1, 0.15) is 37.5 Å². The van der Waals surface area contributed by atoms with Gasteiger partial charge in [-0.3, -0.25) is 0 Å². The molecule has 1 amide bonds. The Balaban J connectivity index is 1.88. The average Bonchev–Trinajstić information content (AvgIpc) is 2.62. The highest BCUT2D eigenvalue weighted by molar-refractivity contribution is 5.67. The van der Waals surface area contributed by atoms with E-state index in [1.807, 2.05) is 24.3 Å². The van der Waals surface area contributed by atoms with E-state index in [4.69, 9.17) is 19.9 Å². The number of fused-ring (bicyclic) bond motifs is 1. The van der Waals surface area contributed by atoms with E-state index >= 15 is 0 Å². The van der Waals surface area contributed by atoms with Gasteiger partial charge in [-0.15, -0.1) is 0 Å². The first-order valence-electron chi connectivity index (χ1n) is 8.72.